The molecule has 3 unspecified atom stereocenters. The van der Waals surface area contributed by atoms with Gasteiger partial charge in [0.15, 0.2) is 0 Å². The van der Waals surface area contributed by atoms with Gasteiger partial charge in [0.25, 0.3) is 0 Å². The normalized spacial score (nSPS) is 22.3. The summed E-state index contributed by atoms with van der Waals surface area (Å²) in [5, 5.41) is 3.80. The number of anilines is 1. The van der Waals surface area contributed by atoms with Crippen molar-refractivity contribution < 1.29 is 0 Å². The maximum Gasteiger partial charge on any atom is 0.136 e. The zero-order valence-electron chi connectivity index (χ0n) is 27.5. The Labute approximate surface area is 287 Å². The number of allylic oxidation sites excluding steroid dienone is 10. The second-order valence-electron chi connectivity index (χ2n) is 13.9. The van der Waals surface area contributed by atoms with E-state index in [9.17, 15) is 0 Å². The lowest BCUT2D eigenvalue weighted by molar-refractivity contribution is 0.714. The summed E-state index contributed by atoms with van der Waals surface area (Å²) in [6.45, 7) is 0. The first-order chi connectivity index (χ1) is 24.3. The molecule has 0 bridgehead atoms. The molecule has 0 radical (unpaired) electrons. The number of hydrogen-bond donors (Lipinski definition) is 0. The van der Waals surface area contributed by atoms with E-state index in [1.54, 1.807) is 0 Å². The molecular formula is C46H37N3. The SMILES string of the molecule is C1=CC2c3c(ccc4ccccc34)N(C3=CCC(c4nc(C5=CC=C(C6=Cc7ccccc7CC6)CC5)c5ccccc5n4)C=C3)C2C=C1. The number of aromatic nitrogens is 2. The smallest absolute Gasteiger partial charge is 0.136 e. The molecule has 3 nitrogen and oxygen atoms in total. The van der Waals surface area contributed by atoms with Crippen LogP contribution in [-0.4, -0.2) is 16.0 Å². The molecule has 1 aromatic heterocycles. The Hall–Kier alpha value is -5.54. The molecule has 49 heavy (non-hydrogen) atoms. The molecule has 4 aliphatic carbocycles. The number of para-hydroxylation sites is 1. The Balaban J connectivity index is 0.965. The van der Waals surface area contributed by atoms with E-state index >= 15 is 0 Å². The predicted molar refractivity (Wildman–Crippen MR) is 203 cm³/mol. The van der Waals surface area contributed by atoms with Gasteiger partial charge < -0.3 is 4.90 Å². The first-order valence-corrected chi connectivity index (χ1v) is 17.8. The van der Waals surface area contributed by atoms with Crippen LogP contribution < -0.4 is 4.90 Å². The highest BCUT2D eigenvalue weighted by Crippen LogP contribution is 2.49. The molecule has 0 amide bonds. The molecular weight excluding hydrogens is 595 g/mol. The summed E-state index contributed by atoms with van der Waals surface area (Å²) in [4.78, 5) is 13.0. The second-order valence-corrected chi connectivity index (χ2v) is 13.9. The molecule has 0 spiro atoms. The van der Waals surface area contributed by atoms with E-state index in [1.807, 2.05) is 0 Å². The van der Waals surface area contributed by atoms with Crippen molar-refractivity contribution >= 4 is 39.0 Å². The van der Waals surface area contributed by atoms with Crippen LogP contribution in [0.5, 0.6) is 0 Å². The van der Waals surface area contributed by atoms with Crippen LogP contribution >= 0.6 is 0 Å². The number of aryl methyl sites for hydroxylation is 1. The van der Waals surface area contributed by atoms with E-state index in [2.05, 4.69) is 151 Å². The largest absolute Gasteiger partial charge is 0.334 e. The summed E-state index contributed by atoms with van der Waals surface area (Å²) < 4.78 is 0. The first kappa shape index (κ1) is 28.5. The number of nitrogens with zero attached hydrogens (tertiary/aromatic N) is 3. The molecule has 1 aliphatic heterocycles. The predicted octanol–water partition coefficient (Wildman–Crippen LogP) is 10.9. The Morgan fingerprint density at radius 1 is 0.653 bits per heavy atom. The lowest BCUT2D eigenvalue weighted by atomic mass is 9.84. The van der Waals surface area contributed by atoms with Crippen molar-refractivity contribution in [1.29, 1.82) is 0 Å². The van der Waals surface area contributed by atoms with Gasteiger partial charge >= 0.3 is 0 Å². The number of fused-ring (bicyclic) bond motifs is 7. The van der Waals surface area contributed by atoms with Crippen molar-refractivity contribution in [3.05, 3.63) is 185 Å². The van der Waals surface area contributed by atoms with E-state index < -0.39 is 0 Å². The highest BCUT2D eigenvalue weighted by molar-refractivity contribution is 5.94. The third kappa shape index (κ3) is 4.79. The van der Waals surface area contributed by atoms with Crippen LogP contribution in [0.15, 0.2) is 156 Å². The topological polar surface area (TPSA) is 29.0 Å². The number of hydrogen-bond acceptors (Lipinski definition) is 3. The fourth-order valence-corrected chi connectivity index (χ4v) is 8.70. The van der Waals surface area contributed by atoms with Crippen LogP contribution in [-0.2, 0) is 6.42 Å². The minimum Gasteiger partial charge on any atom is -0.334 e. The number of benzene rings is 4. The zero-order chi connectivity index (χ0) is 32.3. The van der Waals surface area contributed by atoms with Crippen LogP contribution in [0.1, 0.15) is 65.7 Å². The van der Waals surface area contributed by atoms with E-state index in [0.717, 1.165) is 54.5 Å². The van der Waals surface area contributed by atoms with Gasteiger partial charge in [-0.1, -0.05) is 127 Å². The van der Waals surface area contributed by atoms with Gasteiger partial charge in [-0.3, -0.25) is 0 Å². The van der Waals surface area contributed by atoms with Gasteiger partial charge in [0, 0.05) is 28.6 Å². The Bertz CT molecular complexity index is 2400. The quantitative estimate of drug-likeness (QED) is 0.198. The van der Waals surface area contributed by atoms with Gasteiger partial charge in [0.2, 0.25) is 0 Å². The fraction of sp³-hybridized carbons (Fsp3) is 0.174. The first-order valence-electron chi connectivity index (χ1n) is 17.8. The molecule has 5 aromatic rings. The maximum atomic E-state index is 5.34. The molecule has 4 aromatic carbocycles. The van der Waals surface area contributed by atoms with Gasteiger partial charge in [-0.05, 0) is 94.5 Å². The lowest BCUT2D eigenvalue weighted by Crippen LogP contribution is -2.32. The molecule has 0 saturated carbocycles. The summed E-state index contributed by atoms with van der Waals surface area (Å²) in [6.07, 6.45) is 28.4. The third-order valence-corrected chi connectivity index (χ3v) is 11.2. The average molecular weight is 632 g/mol. The van der Waals surface area contributed by atoms with Crippen molar-refractivity contribution in [1.82, 2.24) is 9.97 Å². The molecule has 236 valence electrons. The molecule has 2 heterocycles. The minimum absolute atomic E-state index is 0.131. The molecule has 0 saturated heterocycles. The van der Waals surface area contributed by atoms with Crippen LogP contribution in [0.25, 0.3) is 33.3 Å². The molecule has 10 rings (SSSR count). The lowest BCUT2D eigenvalue weighted by Gasteiger charge is -2.31. The van der Waals surface area contributed by atoms with Crippen molar-refractivity contribution in [3.8, 4) is 0 Å². The summed E-state index contributed by atoms with van der Waals surface area (Å²) >= 11 is 0. The second kappa shape index (κ2) is 11.6. The Morgan fingerprint density at radius 3 is 2.35 bits per heavy atom. The molecule has 3 heteroatoms. The van der Waals surface area contributed by atoms with Crippen molar-refractivity contribution in [2.45, 2.75) is 50.0 Å². The number of rotatable bonds is 4. The third-order valence-electron chi connectivity index (χ3n) is 11.2. The van der Waals surface area contributed by atoms with Crippen LogP contribution in [0.4, 0.5) is 5.69 Å². The standard InChI is InChI=1S/C46H37N3/c1-2-11-35-29-36(22-19-30(35)9-1)31-17-20-33(21-18-31)45-39-13-5-7-15-41(39)47-46(48-45)34-23-26-37(27-24-34)49-42-16-8-6-14-40(42)44-38-12-4-3-10-32(38)25-28-43(44)49/h1-17,20,23,25-29,34,40,42H,18-19,21-22,24H2. The van der Waals surface area contributed by atoms with Gasteiger partial charge in [-0.15, -0.1) is 0 Å². The monoisotopic (exact) mass is 631 g/mol. The van der Waals surface area contributed by atoms with E-state index in [4.69, 9.17) is 9.97 Å². The molecule has 0 fully saturated rings. The van der Waals surface area contributed by atoms with Crippen molar-refractivity contribution in [2.24, 2.45) is 0 Å². The average Bonchev–Trinajstić information content (AvgIpc) is 3.52. The van der Waals surface area contributed by atoms with Gasteiger partial charge in [-0.25, -0.2) is 9.97 Å². The van der Waals surface area contributed by atoms with Crippen LogP contribution in [0.2, 0.25) is 0 Å². The van der Waals surface area contributed by atoms with E-state index in [0.29, 0.717) is 5.92 Å². The summed E-state index contributed by atoms with van der Waals surface area (Å²) in [5.74, 6) is 1.38. The van der Waals surface area contributed by atoms with Gasteiger partial charge in [0.1, 0.15) is 5.82 Å². The van der Waals surface area contributed by atoms with Crippen LogP contribution in [0.3, 0.4) is 0 Å². The molecule has 3 atom stereocenters. The summed E-state index contributed by atoms with van der Waals surface area (Å²) in [5.41, 5.74) is 13.2. The highest BCUT2D eigenvalue weighted by Gasteiger charge is 2.39. The Morgan fingerprint density at radius 2 is 1.45 bits per heavy atom. The maximum absolute atomic E-state index is 5.34. The summed E-state index contributed by atoms with van der Waals surface area (Å²) in [7, 11) is 0. The van der Waals surface area contributed by atoms with E-state index in [1.165, 1.54) is 55.6 Å². The van der Waals surface area contributed by atoms with Gasteiger partial charge in [-0.2, -0.15) is 0 Å². The molecule has 0 N–H and O–H groups in total. The van der Waals surface area contributed by atoms with E-state index in [-0.39, 0.29) is 12.0 Å². The van der Waals surface area contributed by atoms with Crippen molar-refractivity contribution in [3.63, 3.8) is 0 Å². The zero-order valence-corrected chi connectivity index (χ0v) is 27.5. The summed E-state index contributed by atoms with van der Waals surface area (Å²) in [6, 6.07) is 31.0. The van der Waals surface area contributed by atoms with Crippen molar-refractivity contribution in [2.75, 3.05) is 4.90 Å². The molecule has 5 aliphatic rings. The highest BCUT2D eigenvalue weighted by atomic mass is 15.2. The van der Waals surface area contributed by atoms with Crippen LogP contribution in [0, 0.1) is 0 Å². The fourth-order valence-electron chi connectivity index (χ4n) is 8.70. The minimum atomic E-state index is 0.131. The van der Waals surface area contributed by atoms with Gasteiger partial charge in [0.05, 0.1) is 17.3 Å². The Kier molecular flexibility index (Phi) is 6.72.